The fraction of sp³-hybridized carbons (Fsp3) is 0.700. The van der Waals surface area contributed by atoms with Gasteiger partial charge in [-0.1, -0.05) is 19.3 Å². The van der Waals surface area contributed by atoms with Crippen LogP contribution in [0.15, 0.2) is 12.7 Å². The topological polar surface area (TPSA) is 41.9 Å². The van der Waals surface area contributed by atoms with Crippen LogP contribution in [0.2, 0.25) is 0 Å². The average Bonchev–Trinajstić information content (AvgIpc) is 2.30. The highest BCUT2D eigenvalue weighted by Gasteiger charge is 2.19. The number of rotatable bonds is 2. The first-order chi connectivity index (χ1) is 6.88. The van der Waals surface area contributed by atoms with Crippen LogP contribution in [0.25, 0.3) is 0 Å². The summed E-state index contributed by atoms with van der Waals surface area (Å²) in [6.07, 6.45) is 9.69. The van der Waals surface area contributed by atoms with Crippen molar-refractivity contribution < 1.29 is 0 Å². The van der Waals surface area contributed by atoms with Gasteiger partial charge >= 0.3 is 0 Å². The van der Waals surface area contributed by atoms with E-state index in [9.17, 15) is 0 Å². The molecule has 1 saturated carbocycles. The summed E-state index contributed by atoms with van der Waals surface area (Å²) in [5.41, 5.74) is 0. The molecule has 76 valence electrons. The van der Waals surface area contributed by atoms with E-state index in [0.29, 0.717) is 6.04 Å². The van der Waals surface area contributed by atoms with Crippen LogP contribution in [0.4, 0.5) is 5.95 Å². The van der Waals surface area contributed by atoms with Crippen molar-refractivity contribution in [1.29, 1.82) is 0 Å². The third-order valence-corrected chi connectivity index (χ3v) is 2.92. The normalized spacial score (nSPS) is 18.1. The maximum Gasteiger partial charge on any atom is 0.228 e. The molecule has 2 rings (SSSR count). The fourth-order valence-electron chi connectivity index (χ4n) is 2.05. The molecule has 0 bridgehead atoms. The number of aromatic nitrogens is 3. The van der Waals surface area contributed by atoms with Crippen molar-refractivity contribution in [2.24, 2.45) is 0 Å². The summed E-state index contributed by atoms with van der Waals surface area (Å²) in [6, 6.07) is 0.617. The number of hydrogen-bond acceptors (Lipinski definition) is 4. The monoisotopic (exact) mass is 192 g/mol. The lowest BCUT2D eigenvalue weighted by Crippen LogP contribution is -2.34. The van der Waals surface area contributed by atoms with Gasteiger partial charge in [0, 0.05) is 13.1 Å². The summed E-state index contributed by atoms with van der Waals surface area (Å²) >= 11 is 0. The van der Waals surface area contributed by atoms with Gasteiger partial charge in [-0.15, -0.1) is 0 Å². The van der Waals surface area contributed by atoms with E-state index in [1.54, 1.807) is 12.7 Å². The molecule has 1 aromatic rings. The molecule has 4 heteroatoms. The van der Waals surface area contributed by atoms with Gasteiger partial charge in [0.2, 0.25) is 5.95 Å². The maximum absolute atomic E-state index is 4.16. The summed E-state index contributed by atoms with van der Waals surface area (Å²) in [4.78, 5) is 14.3. The van der Waals surface area contributed by atoms with Gasteiger partial charge in [0.25, 0.3) is 0 Å². The Hall–Kier alpha value is -1.19. The van der Waals surface area contributed by atoms with E-state index in [4.69, 9.17) is 0 Å². The Kier molecular flexibility index (Phi) is 2.91. The molecule has 14 heavy (non-hydrogen) atoms. The molecule has 0 amide bonds. The van der Waals surface area contributed by atoms with Crippen LogP contribution in [-0.2, 0) is 0 Å². The van der Waals surface area contributed by atoms with Crippen molar-refractivity contribution in [2.75, 3.05) is 11.9 Å². The molecule has 0 radical (unpaired) electrons. The second-order valence-corrected chi connectivity index (χ2v) is 3.84. The fourth-order valence-corrected chi connectivity index (χ4v) is 2.05. The van der Waals surface area contributed by atoms with Gasteiger partial charge in [-0.05, 0) is 12.8 Å². The molecule has 0 N–H and O–H groups in total. The molecule has 0 atom stereocenters. The Balaban J connectivity index is 2.03. The van der Waals surface area contributed by atoms with Crippen LogP contribution in [0.5, 0.6) is 0 Å². The van der Waals surface area contributed by atoms with Crippen LogP contribution in [0, 0.1) is 0 Å². The van der Waals surface area contributed by atoms with Gasteiger partial charge in [0.15, 0.2) is 0 Å². The summed E-state index contributed by atoms with van der Waals surface area (Å²) in [5.74, 6) is 0.798. The molecule has 0 unspecified atom stereocenters. The standard InChI is InChI=1S/C10H16N4/c1-14(9-5-3-2-4-6-9)10-12-7-11-8-13-10/h7-9H,2-6H2,1H3. The zero-order valence-corrected chi connectivity index (χ0v) is 8.56. The predicted molar refractivity (Wildman–Crippen MR) is 55.1 cm³/mol. The van der Waals surface area contributed by atoms with Gasteiger partial charge in [-0.25, -0.2) is 15.0 Å². The molecule has 0 aromatic carbocycles. The minimum atomic E-state index is 0.617. The Labute approximate surface area is 84.4 Å². The highest BCUT2D eigenvalue weighted by atomic mass is 15.3. The molecule has 1 aliphatic rings. The lowest BCUT2D eigenvalue weighted by Gasteiger charge is -2.30. The molecule has 0 saturated heterocycles. The van der Waals surface area contributed by atoms with Crippen LogP contribution < -0.4 is 4.90 Å². The largest absolute Gasteiger partial charge is 0.341 e. The van der Waals surface area contributed by atoms with Crippen molar-refractivity contribution >= 4 is 5.95 Å². The first-order valence-corrected chi connectivity index (χ1v) is 5.23. The quantitative estimate of drug-likeness (QED) is 0.714. The summed E-state index contributed by atoms with van der Waals surface area (Å²) in [6.45, 7) is 0. The van der Waals surface area contributed by atoms with Crippen molar-refractivity contribution in [3.63, 3.8) is 0 Å². The Morgan fingerprint density at radius 3 is 2.43 bits per heavy atom. The molecule has 1 aromatic heterocycles. The molecule has 0 spiro atoms. The molecular formula is C10H16N4. The summed E-state index contributed by atoms with van der Waals surface area (Å²) in [5, 5.41) is 0. The molecular weight excluding hydrogens is 176 g/mol. The highest BCUT2D eigenvalue weighted by molar-refractivity contribution is 5.27. The van der Waals surface area contributed by atoms with E-state index in [1.165, 1.54) is 32.1 Å². The van der Waals surface area contributed by atoms with Crippen LogP contribution in [-0.4, -0.2) is 28.0 Å². The van der Waals surface area contributed by atoms with Gasteiger partial charge in [-0.3, -0.25) is 0 Å². The summed E-state index contributed by atoms with van der Waals surface area (Å²) in [7, 11) is 2.07. The SMILES string of the molecule is CN(c1ncncn1)C1CCCCC1. The highest BCUT2D eigenvalue weighted by Crippen LogP contribution is 2.23. The van der Waals surface area contributed by atoms with Crippen molar-refractivity contribution in [3.05, 3.63) is 12.7 Å². The van der Waals surface area contributed by atoms with E-state index in [0.717, 1.165) is 5.95 Å². The van der Waals surface area contributed by atoms with E-state index in [2.05, 4.69) is 26.9 Å². The van der Waals surface area contributed by atoms with Crippen molar-refractivity contribution in [3.8, 4) is 0 Å². The molecule has 1 heterocycles. The van der Waals surface area contributed by atoms with Gasteiger partial charge < -0.3 is 4.90 Å². The molecule has 4 nitrogen and oxygen atoms in total. The lowest BCUT2D eigenvalue weighted by molar-refractivity contribution is 0.424. The lowest BCUT2D eigenvalue weighted by atomic mass is 9.95. The minimum absolute atomic E-state index is 0.617. The van der Waals surface area contributed by atoms with Crippen LogP contribution in [0.1, 0.15) is 32.1 Å². The Bertz CT molecular complexity index is 269. The van der Waals surface area contributed by atoms with E-state index < -0.39 is 0 Å². The van der Waals surface area contributed by atoms with Crippen molar-refractivity contribution in [2.45, 2.75) is 38.1 Å². The third kappa shape index (κ3) is 2.00. The van der Waals surface area contributed by atoms with E-state index in [-0.39, 0.29) is 0 Å². The van der Waals surface area contributed by atoms with E-state index >= 15 is 0 Å². The number of hydrogen-bond donors (Lipinski definition) is 0. The average molecular weight is 192 g/mol. The smallest absolute Gasteiger partial charge is 0.228 e. The first kappa shape index (κ1) is 9.37. The van der Waals surface area contributed by atoms with Crippen molar-refractivity contribution in [1.82, 2.24) is 15.0 Å². The Morgan fingerprint density at radius 1 is 1.14 bits per heavy atom. The Morgan fingerprint density at radius 2 is 1.79 bits per heavy atom. The van der Waals surface area contributed by atoms with Crippen LogP contribution in [0.3, 0.4) is 0 Å². The van der Waals surface area contributed by atoms with E-state index in [1.807, 2.05) is 0 Å². The first-order valence-electron chi connectivity index (χ1n) is 5.23. The maximum atomic E-state index is 4.16. The van der Waals surface area contributed by atoms with Gasteiger partial charge in [0.05, 0.1) is 0 Å². The van der Waals surface area contributed by atoms with Gasteiger partial charge in [0.1, 0.15) is 12.7 Å². The second-order valence-electron chi connectivity index (χ2n) is 3.84. The van der Waals surface area contributed by atoms with Crippen LogP contribution >= 0.6 is 0 Å². The zero-order chi connectivity index (χ0) is 9.80. The molecule has 1 fully saturated rings. The molecule has 1 aliphatic carbocycles. The summed E-state index contributed by atoms with van der Waals surface area (Å²) < 4.78 is 0. The second kappa shape index (κ2) is 4.35. The predicted octanol–water partition coefficient (Wildman–Crippen LogP) is 1.64. The third-order valence-electron chi connectivity index (χ3n) is 2.92. The van der Waals surface area contributed by atoms with Gasteiger partial charge in [-0.2, -0.15) is 0 Å². The molecule has 0 aliphatic heterocycles. The minimum Gasteiger partial charge on any atom is -0.341 e. The number of nitrogens with zero attached hydrogens (tertiary/aromatic N) is 4. The zero-order valence-electron chi connectivity index (χ0n) is 8.56. The number of anilines is 1.